The highest BCUT2D eigenvalue weighted by Gasteiger charge is 2.64. The van der Waals surface area contributed by atoms with Crippen molar-refractivity contribution in [3.63, 3.8) is 0 Å². The fourth-order valence-electron chi connectivity index (χ4n) is 3.04. The van der Waals surface area contributed by atoms with Crippen LogP contribution in [-0.4, -0.2) is 11.2 Å². The van der Waals surface area contributed by atoms with Crippen molar-refractivity contribution in [2.24, 2.45) is 23.2 Å². The summed E-state index contributed by atoms with van der Waals surface area (Å²) in [6.07, 6.45) is 2.44. The Kier molecular flexibility index (Phi) is 1.39. The Morgan fingerprint density at radius 3 is 2.27 bits per heavy atom. The molecule has 0 radical (unpaired) electrons. The molecule has 0 spiro atoms. The lowest BCUT2D eigenvalue weighted by Gasteiger charge is -2.17. The van der Waals surface area contributed by atoms with Crippen molar-refractivity contribution in [3.05, 3.63) is 0 Å². The van der Waals surface area contributed by atoms with E-state index >= 15 is 0 Å². The van der Waals surface area contributed by atoms with Crippen molar-refractivity contribution >= 4 is 0 Å². The Bertz CT molecular complexity index is 176. The van der Waals surface area contributed by atoms with Gasteiger partial charge in [0.05, 0.1) is 6.10 Å². The van der Waals surface area contributed by atoms with Gasteiger partial charge in [-0.1, -0.05) is 20.8 Å². The zero-order valence-electron chi connectivity index (χ0n) is 7.67. The normalized spacial score (nSPS) is 54.8. The summed E-state index contributed by atoms with van der Waals surface area (Å²) < 4.78 is 0. The van der Waals surface area contributed by atoms with Crippen molar-refractivity contribution in [3.8, 4) is 0 Å². The van der Waals surface area contributed by atoms with E-state index in [1.54, 1.807) is 0 Å². The van der Waals surface area contributed by atoms with Gasteiger partial charge in [-0.3, -0.25) is 0 Å². The molecule has 0 saturated heterocycles. The van der Waals surface area contributed by atoms with Gasteiger partial charge in [-0.25, -0.2) is 0 Å². The molecule has 2 saturated carbocycles. The van der Waals surface area contributed by atoms with Gasteiger partial charge in [0, 0.05) is 0 Å². The maximum atomic E-state index is 9.61. The molecule has 0 aromatic heterocycles. The van der Waals surface area contributed by atoms with Crippen LogP contribution >= 0.6 is 0 Å². The molecule has 0 unspecified atom stereocenters. The van der Waals surface area contributed by atoms with Crippen molar-refractivity contribution < 1.29 is 5.11 Å². The van der Waals surface area contributed by atoms with Crippen LogP contribution in [0.5, 0.6) is 0 Å². The number of aliphatic hydroxyl groups excluding tert-OH is 1. The van der Waals surface area contributed by atoms with E-state index in [1.165, 1.54) is 6.42 Å². The Labute approximate surface area is 68.8 Å². The third-order valence-electron chi connectivity index (χ3n) is 4.16. The highest BCUT2D eigenvalue weighted by atomic mass is 16.3. The maximum Gasteiger partial charge on any atom is 0.0574 e. The van der Waals surface area contributed by atoms with Gasteiger partial charge >= 0.3 is 0 Å². The second-order valence-corrected chi connectivity index (χ2v) is 4.83. The van der Waals surface area contributed by atoms with E-state index in [1.807, 2.05) is 0 Å². The fourth-order valence-corrected chi connectivity index (χ4v) is 3.04. The van der Waals surface area contributed by atoms with Crippen LogP contribution in [0.15, 0.2) is 0 Å². The van der Waals surface area contributed by atoms with Gasteiger partial charge in [-0.05, 0) is 36.0 Å². The lowest BCUT2D eigenvalue weighted by molar-refractivity contribution is 0.113. The van der Waals surface area contributed by atoms with Crippen molar-refractivity contribution in [2.75, 3.05) is 0 Å². The van der Waals surface area contributed by atoms with Crippen molar-refractivity contribution in [1.29, 1.82) is 0 Å². The average Bonchev–Trinajstić information content (AvgIpc) is 2.57. The molecule has 2 aliphatic rings. The zero-order valence-corrected chi connectivity index (χ0v) is 7.67. The standard InChI is InChI=1S/C10H18O/c1-6(2)10-4-8(10)7(3)9(11)5-10/h6-9,11H,4-5H2,1-3H3/t7-,8+,9+,10+/m1/s1. The molecule has 64 valence electrons. The first-order valence-electron chi connectivity index (χ1n) is 4.76. The quantitative estimate of drug-likeness (QED) is 0.613. The molecular formula is C10H18O. The van der Waals surface area contributed by atoms with E-state index in [9.17, 15) is 5.11 Å². The summed E-state index contributed by atoms with van der Waals surface area (Å²) >= 11 is 0. The monoisotopic (exact) mass is 154 g/mol. The lowest BCUT2D eigenvalue weighted by atomic mass is 9.89. The first-order chi connectivity index (χ1) is 5.08. The number of rotatable bonds is 1. The summed E-state index contributed by atoms with van der Waals surface area (Å²) in [5, 5.41) is 9.61. The summed E-state index contributed by atoms with van der Waals surface area (Å²) in [6, 6.07) is 0. The van der Waals surface area contributed by atoms with E-state index in [-0.39, 0.29) is 6.10 Å². The summed E-state index contributed by atoms with van der Waals surface area (Å²) in [7, 11) is 0. The smallest absolute Gasteiger partial charge is 0.0574 e. The molecule has 2 aliphatic carbocycles. The van der Waals surface area contributed by atoms with Gasteiger partial charge in [0.2, 0.25) is 0 Å². The zero-order chi connectivity index (χ0) is 8.22. The van der Waals surface area contributed by atoms with E-state index in [0.717, 1.165) is 18.3 Å². The highest BCUT2D eigenvalue weighted by Crippen LogP contribution is 2.69. The van der Waals surface area contributed by atoms with Crippen LogP contribution in [0.25, 0.3) is 0 Å². The molecule has 1 heteroatoms. The van der Waals surface area contributed by atoms with Crippen LogP contribution in [-0.2, 0) is 0 Å². The van der Waals surface area contributed by atoms with Gasteiger partial charge in [0.1, 0.15) is 0 Å². The summed E-state index contributed by atoms with van der Waals surface area (Å²) in [5.41, 5.74) is 0.554. The largest absolute Gasteiger partial charge is 0.393 e. The minimum absolute atomic E-state index is 0.00356. The molecule has 1 N–H and O–H groups in total. The van der Waals surface area contributed by atoms with Crippen molar-refractivity contribution in [1.82, 2.24) is 0 Å². The second-order valence-electron chi connectivity index (χ2n) is 4.83. The number of hydrogen-bond donors (Lipinski definition) is 1. The third-order valence-corrected chi connectivity index (χ3v) is 4.16. The maximum absolute atomic E-state index is 9.61. The molecule has 2 fully saturated rings. The Morgan fingerprint density at radius 1 is 1.36 bits per heavy atom. The number of aliphatic hydroxyl groups is 1. The molecule has 0 amide bonds. The Morgan fingerprint density at radius 2 is 2.00 bits per heavy atom. The number of fused-ring (bicyclic) bond motifs is 1. The van der Waals surface area contributed by atoms with E-state index in [2.05, 4.69) is 20.8 Å². The summed E-state index contributed by atoms with van der Waals surface area (Å²) in [6.45, 7) is 6.79. The first-order valence-corrected chi connectivity index (χ1v) is 4.76. The Balaban J connectivity index is 2.13. The summed E-state index contributed by atoms with van der Waals surface area (Å²) in [5.74, 6) is 2.18. The van der Waals surface area contributed by atoms with Gasteiger partial charge in [-0.2, -0.15) is 0 Å². The predicted molar refractivity (Wildman–Crippen MR) is 45.2 cm³/mol. The topological polar surface area (TPSA) is 20.2 Å². The van der Waals surface area contributed by atoms with Crippen LogP contribution < -0.4 is 0 Å². The van der Waals surface area contributed by atoms with Gasteiger partial charge in [0.25, 0.3) is 0 Å². The van der Waals surface area contributed by atoms with E-state index in [4.69, 9.17) is 0 Å². The molecule has 2 rings (SSSR count). The van der Waals surface area contributed by atoms with Crippen LogP contribution in [0.3, 0.4) is 0 Å². The molecule has 0 heterocycles. The summed E-state index contributed by atoms with van der Waals surface area (Å²) in [4.78, 5) is 0. The average molecular weight is 154 g/mol. The number of hydrogen-bond acceptors (Lipinski definition) is 1. The second kappa shape index (κ2) is 2.01. The van der Waals surface area contributed by atoms with Crippen LogP contribution in [0.1, 0.15) is 33.6 Å². The van der Waals surface area contributed by atoms with Gasteiger partial charge < -0.3 is 5.11 Å². The van der Waals surface area contributed by atoms with Crippen LogP contribution in [0.2, 0.25) is 0 Å². The molecular weight excluding hydrogens is 136 g/mol. The molecule has 0 bridgehead atoms. The van der Waals surface area contributed by atoms with Crippen molar-refractivity contribution in [2.45, 2.75) is 39.7 Å². The van der Waals surface area contributed by atoms with Gasteiger partial charge in [-0.15, -0.1) is 0 Å². The molecule has 0 aromatic carbocycles. The van der Waals surface area contributed by atoms with Gasteiger partial charge in [0.15, 0.2) is 0 Å². The first kappa shape index (κ1) is 7.60. The van der Waals surface area contributed by atoms with Crippen LogP contribution in [0, 0.1) is 23.2 Å². The molecule has 0 aromatic rings. The minimum atomic E-state index is -0.00356. The molecule has 1 nitrogen and oxygen atoms in total. The fraction of sp³-hybridized carbons (Fsp3) is 1.00. The lowest BCUT2D eigenvalue weighted by Crippen LogP contribution is -2.15. The molecule has 4 atom stereocenters. The molecule has 11 heavy (non-hydrogen) atoms. The SMILES string of the molecule is CC(C)[C@]12C[C@H](O)[C@H](C)[C@@H]1C2. The van der Waals surface area contributed by atoms with E-state index in [0.29, 0.717) is 11.3 Å². The minimum Gasteiger partial charge on any atom is -0.393 e. The highest BCUT2D eigenvalue weighted by molar-refractivity contribution is 5.13. The predicted octanol–water partition coefficient (Wildman–Crippen LogP) is 2.05. The van der Waals surface area contributed by atoms with Crippen LogP contribution in [0.4, 0.5) is 0 Å². The third kappa shape index (κ3) is 0.807. The Hall–Kier alpha value is -0.0400. The van der Waals surface area contributed by atoms with E-state index < -0.39 is 0 Å². The molecule has 0 aliphatic heterocycles.